The Balaban J connectivity index is 1.77. The second-order valence-corrected chi connectivity index (χ2v) is 4.51. The fourth-order valence-electron chi connectivity index (χ4n) is 2.32. The molecule has 0 aliphatic carbocycles. The molecule has 0 N–H and O–H groups in total. The van der Waals surface area contributed by atoms with Gasteiger partial charge in [-0.05, 0) is 35.9 Å². The molecule has 1 aromatic carbocycles. The van der Waals surface area contributed by atoms with Crippen molar-refractivity contribution in [2.75, 3.05) is 0 Å². The molecule has 0 amide bonds. The number of pyridine rings is 1. The fraction of sp³-hybridized carbons (Fsp3) is 0.0667. The SMILES string of the molecule is c1cnc2c(c1)ncn2Cc1ccc2occc2c1. The Labute approximate surface area is 109 Å². The normalized spacial score (nSPS) is 11.4. The van der Waals surface area contributed by atoms with E-state index in [1.807, 2.05) is 30.6 Å². The fourth-order valence-corrected chi connectivity index (χ4v) is 2.32. The van der Waals surface area contributed by atoms with E-state index in [1.165, 1.54) is 5.56 Å². The maximum Gasteiger partial charge on any atom is 0.160 e. The summed E-state index contributed by atoms with van der Waals surface area (Å²) in [6.07, 6.45) is 5.33. The molecular weight excluding hydrogens is 238 g/mol. The molecule has 4 heteroatoms. The molecule has 0 aliphatic heterocycles. The average molecular weight is 249 g/mol. The molecule has 0 spiro atoms. The lowest BCUT2D eigenvalue weighted by Gasteiger charge is -2.03. The van der Waals surface area contributed by atoms with Gasteiger partial charge in [0.05, 0.1) is 19.1 Å². The van der Waals surface area contributed by atoms with E-state index in [1.54, 1.807) is 12.5 Å². The summed E-state index contributed by atoms with van der Waals surface area (Å²) >= 11 is 0. The van der Waals surface area contributed by atoms with Gasteiger partial charge in [-0.25, -0.2) is 9.97 Å². The van der Waals surface area contributed by atoms with Crippen LogP contribution >= 0.6 is 0 Å². The number of benzene rings is 1. The monoisotopic (exact) mass is 249 g/mol. The summed E-state index contributed by atoms with van der Waals surface area (Å²) in [6, 6.07) is 12.0. The minimum Gasteiger partial charge on any atom is -0.464 e. The zero-order valence-electron chi connectivity index (χ0n) is 10.2. The van der Waals surface area contributed by atoms with Crippen LogP contribution in [0.25, 0.3) is 22.1 Å². The second-order valence-electron chi connectivity index (χ2n) is 4.51. The molecule has 92 valence electrons. The highest BCUT2D eigenvalue weighted by molar-refractivity contribution is 5.77. The summed E-state index contributed by atoms with van der Waals surface area (Å²) in [6.45, 7) is 0.759. The van der Waals surface area contributed by atoms with Crippen LogP contribution < -0.4 is 0 Å². The van der Waals surface area contributed by atoms with E-state index in [9.17, 15) is 0 Å². The number of furan rings is 1. The Bertz CT molecular complexity index is 860. The lowest BCUT2D eigenvalue weighted by Crippen LogP contribution is -1.98. The smallest absolute Gasteiger partial charge is 0.160 e. The van der Waals surface area contributed by atoms with Crippen molar-refractivity contribution in [1.29, 1.82) is 0 Å². The molecule has 0 saturated carbocycles. The molecule has 0 radical (unpaired) electrons. The highest BCUT2D eigenvalue weighted by atomic mass is 16.3. The minimum absolute atomic E-state index is 0.759. The van der Waals surface area contributed by atoms with Crippen LogP contribution in [0.15, 0.2) is 59.6 Å². The lowest BCUT2D eigenvalue weighted by atomic mass is 10.1. The number of hydrogen-bond acceptors (Lipinski definition) is 3. The van der Waals surface area contributed by atoms with E-state index in [2.05, 4.69) is 26.7 Å². The van der Waals surface area contributed by atoms with Gasteiger partial charge in [0, 0.05) is 11.6 Å². The van der Waals surface area contributed by atoms with Crippen molar-refractivity contribution in [3.63, 3.8) is 0 Å². The van der Waals surface area contributed by atoms with Crippen LogP contribution in [-0.2, 0) is 6.54 Å². The lowest BCUT2D eigenvalue weighted by molar-refractivity contribution is 0.615. The summed E-state index contributed by atoms with van der Waals surface area (Å²) in [5.74, 6) is 0. The minimum atomic E-state index is 0.759. The quantitative estimate of drug-likeness (QED) is 0.548. The molecule has 0 bridgehead atoms. The van der Waals surface area contributed by atoms with E-state index in [4.69, 9.17) is 4.42 Å². The third-order valence-corrected chi connectivity index (χ3v) is 3.24. The zero-order chi connectivity index (χ0) is 12.7. The summed E-state index contributed by atoms with van der Waals surface area (Å²) in [5.41, 5.74) is 3.96. The van der Waals surface area contributed by atoms with E-state index in [0.717, 1.165) is 28.7 Å². The first kappa shape index (κ1) is 10.3. The summed E-state index contributed by atoms with van der Waals surface area (Å²) < 4.78 is 7.40. The maximum atomic E-state index is 5.35. The van der Waals surface area contributed by atoms with Crippen molar-refractivity contribution in [2.24, 2.45) is 0 Å². The van der Waals surface area contributed by atoms with Gasteiger partial charge >= 0.3 is 0 Å². The van der Waals surface area contributed by atoms with Gasteiger partial charge < -0.3 is 8.98 Å². The summed E-state index contributed by atoms with van der Waals surface area (Å²) in [4.78, 5) is 8.72. The molecule has 0 saturated heterocycles. The van der Waals surface area contributed by atoms with Gasteiger partial charge in [-0.15, -0.1) is 0 Å². The van der Waals surface area contributed by atoms with Gasteiger partial charge in [0.15, 0.2) is 5.65 Å². The highest BCUT2D eigenvalue weighted by Crippen LogP contribution is 2.18. The van der Waals surface area contributed by atoms with Crippen molar-refractivity contribution >= 4 is 22.1 Å². The number of hydrogen-bond donors (Lipinski definition) is 0. The average Bonchev–Trinajstić information content (AvgIpc) is 3.06. The first-order chi connectivity index (χ1) is 9.40. The largest absolute Gasteiger partial charge is 0.464 e. The van der Waals surface area contributed by atoms with Gasteiger partial charge in [-0.2, -0.15) is 0 Å². The van der Waals surface area contributed by atoms with Crippen LogP contribution in [0.4, 0.5) is 0 Å². The molecule has 0 fully saturated rings. The Kier molecular flexibility index (Phi) is 2.14. The van der Waals surface area contributed by atoms with Gasteiger partial charge in [-0.3, -0.25) is 0 Å². The van der Waals surface area contributed by atoms with Crippen LogP contribution in [0.1, 0.15) is 5.56 Å². The number of fused-ring (bicyclic) bond motifs is 2. The van der Waals surface area contributed by atoms with Gasteiger partial charge in [0.1, 0.15) is 11.1 Å². The Morgan fingerprint density at radius 1 is 1.11 bits per heavy atom. The summed E-state index contributed by atoms with van der Waals surface area (Å²) in [5, 5.41) is 1.12. The number of imidazole rings is 1. The number of aromatic nitrogens is 3. The van der Waals surface area contributed by atoms with Crippen molar-refractivity contribution in [1.82, 2.24) is 14.5 Å². The molecule has 3 heterocycles. The van der Waals surface area contributed by atoms with Crippen molar-refractivity contribution in [3.05, 3.63) is 60.7 Å². The van der Waals surface area contributed by atoms with Gasteiger partial charge in [0.25, 0.3) is 0 Å². The predicted molar refractivity (Wildman–Crippen MR) is 72.8 cm³/mol. The molecule has 4 rings (SSSR count). The zero-order valence-corrected chi connectivity index (χ0v) is 10.2. The van der Waals surface area contributed by atoms with Crippen molar-refractivity contribution in [3.8, 4) is 0 Å². The predicted octanol–water partition coefficient (Wildman–Crippen LogP) is 3.23. The molecule has 4 nitrogen and oxygen atoms in total. The van der Waals surface area contributed by atoms with Crippen LogP contribution in [0.5, 0.6) is 0 Å². The molecule has 19 heavy (non-hydrogen) atoms. The maximum absolute atomic E-state index is 5.35. The molecule has 3 aromatic heterocycles. The molecule has 0 aliphatic rings. The van der Waals surface area contributed by atoms with Crippen LogP contribution in [0.2, 0.25) is 0 Å². The highest BCUT2D eigenvalue weighted by Gasteiger charge is 2.04. The first-order valence-electron chi connectivity index (χ1n) is 6.12. The Hall–Kier alpha value is -2.62. The molecule has 0 unspecified atom stereocenters. The van der Waals surface area contributed by atoms with Gasteiger partial charge in [-0.1, -0.05) is 6.07 Å². The number of rotatable bonds is 2. The third kappa shape index (κ3) is 1.69. The van der Waals surface area contributed by atoms with E-state index in [0.29, 0.717) is 0 Å². The van der Waals surface area contributed by atoms with Crippen molar-refractivity contribution < 1.29 is 4.42 Å². The molecular formula is C15H11N3O. The van der Waals surface area contributed by atoms with E-state index >= 15 is 0 Å². The van der Waals surface area contributed by atoms with E-state index < -0.39 is 0 Å². The molecule has 0 atom stereocenters. The first-order valence-corrected chi connectivity index (χ1v) is 6.12. The topological polar surface area (TPSA) is 43.9 Å². The van der Waals surface area contributed by atoms with Crippen molar-refractivity contribution in [2.45, 2.75) is 6.54 Å². The van der Waals surface area contributed by atoms with E-state index in [-0.39, 0.29) is 0 Å². The van der Waals surface area contributed by atoms with Crippen LogP contribution in [0.3, 0.4) is 0 Å². The Morgan fingerprint density at radius 3 is 3.11 bits per heavy atom. The summed E-state index contributed by atoms with van der Waals surface area (Å²) in [7, 11) is 0. The third-order valence-electron chi connectivity index (χ3n) is 3.24. The van der Waals surface area contributed by atoms with Crippen LogP contribution in [-0.4, -0.2) is 14.5 Å². The van der Waals surface area contributed by atoms with Crippen LogP contribution in [0, 0.1) is 0 Å². The second kappa shape index (κ2) is 3.95. The number of nitrogens with zero attached hydrogens (tertiary/aromatic N) is 3. The molecule has 4 aromatic rings. The van der Waals surface area contributed by atoms with Gasteiger partial charge in [0.2, 0.25) is 0 Å². The Morgan fingerprint density at radius 2 is 2.11 bits per heavy atom. The standard InChI is InChI=1S/C15H11N3O/c1-2-13-15(16-6-1)18(10-17-13)9-11-3-4-14-12(8-11)5-7-19-14/h1-8,10H,9H2.